The molecule has 4 heteroatoms. The summed E-state index contributed by atoms with van der Waals surface area (Å²) in [5.41, 5.74) is 0. The number of rotatable bonds is 4. The van der Waals surface area contributed by atoms with Gasteiger partial charge in [0.2, 0.25) is 0 Å². The van der Waals surface area contributed by atoms with Crippen LogP contribution in [-0.2, 0) is 0 Å². The molecule has 0 saturated carbocycles. The van der Waals surface area contributed by atoms with E-state index in [1.54, 1.807) is 34.0 Å². The molecule has 0 aliphatic carbocycles. The van der Waals surface area contributed by atoms with Gasteiger partial charge in [-0.25, -0.2) is 4.98 Å². The summed E-state index contributed by atoms with van der Waals surface area (Å²) in [6.45, 7) is 0. The number of thiazole rings is 1. The van der Waals surface area contributed by atoms with Crippen LogP contribution in [0.1, 0.15) is 19.6 Å². The highest BCUT2D eigenvalue weighted by molar-refractivity contribution is 7.14. The molecule has 0 spiro atoms. The van der Waals surface area contributed by atoms with Gasteiger partial charge in [0.25, 0.3) is 0 Å². The van der Waals surface area contributed by atoms with Crippen LogP contribution in [0.5, 0.6) is 0 Å². The Bertz CT molecular complexity index is 614. The summed E-state index contributed by atoms with van der Waals surface area (Å²) in [4.78, 5) is 8.04. The van der Waals surface area contributed by atoms with Crippen molar-refractivity contribution >= 4 is 58.3 Å². The molecule has 0 N–H and O–H groups in total. The highest BCUT2D eigenvalue weighted by atomic mass is 32.1. The van der Waals surface area contributed by atoms with Crippen LogP contribution in [0.25, 0.3) is 24.3 Å². The van der Waals surface area contributed by atoms with Gasteiger partial charge < -0.3 is 0 Å². The van der Waals surface area contributed by atoms with E-state index in [-0.39, 0.29) is 0 Å². The molecular weight excluding hydrogens is 290 g/mol. The van der Waals surface area contributed by atoms with Crippen molar-refractivity contribution in [3.63, 3.8) is 0 Å². The molecule has 0 fully saturated rings. The second kappa shape index (κ2) is 6.10. The van der Waals surface area contributed by atoms with Gasteiger partial charge in [-0.3, -0.25) is 0 Å². The van der Waals surface area contributed by atoms with Crippen LogP contribution in [0.3, 0.4) is 0 Å². The van der Waals surface area contributed by atoms with Crippen molar-refractivity contribution in [3.8, 4) is 0 Å². The van der Waals surface area contributed by atoms with Gasteiger partial charge in [0.15, 0.2) is 0 Å². The molecule has 0 aliphatic heterocycles. The molecule has 0 atom stereocenters. The normalized spacial score (nSPS) is 11.8. The second-order valence-corrected chi connectivity index (χ2v) is 6.84. The fourth-order valence-corrected chi connectivity index (χ4v) is 3.53. The number of thiophene rings is 2. The van der Waals surface area contributed by atoms with Gasteiger partial charge in [-0.1, -0.05) is 6.07 Å². The molecule has 3 aromatic rings. The lowest BCUT2D eigenvalue weighted by atomic mass is 10.3. The molecule has 3 heterocycles. The minimum absolute atomic E-state index is 1.05. The predicted octanol–water partition coefficient (Wildman–Crippen LogP) is 5.61. The third-order valence-corrected chi connectivity index (χ3v) is 5.04. The van der Waals surface area contributed by atoms with Crippen molar-refractivity contribution in [1.29, 1.82) is 0 Å². The summed E-state index contributed by atoms with van der Waals surface area (Å²) in [6.07, 6.45) is 10.3. The van der Waals surface area contributed by atoms with Gasteiger partial charge in [-0.15, -0.1) is 34.0 Å². The molecule has 3 rings (SSSR count). The molecular formula is C15H11NS3. The van der Waals surface area contributed by atoms with Crippen LogP contribution in [0.2, 0.25) is 0 Å². The maximum absolute atomic E-state index is 4.23. The van der Waals surface area contributed by atoms with E-state index in [4.69, 9.17) is 0 Å². The fraction of sp³-hybridized carbons (Fsp3) is 0. The van der Waals surface area contributed by atoms with Crippen molar-refractivity contribution in [2.24, 2.45) is 0 Å². The zero-order valence-corrected chi connectivity index (χ0v) is 12.5. The number of aromatic nitrogens is 1. The largest absolute Gasteiger partial charge is 0.245 e. The lowest BCUT2D eigenvalue weighted by Gasteiger charge is -1.85. The van der Waals surface area contributed by atoms with Crippen LogP contribution in [-0.4, -0.2) is 4.98 Å². The summed E-state index contributed by atoms with van der Waals surface area (Å²) in [6, 6.07) is 8.48. The first-order valence-electron chi connectivity index (χ1n) is 5.79. The van der Waals surface area contributed by atoms with Gasteiger partial charge in [-0.2, -0.15) is 0 Å². The quantitative estimate of drug-likeness (QED) is 0.610. The zero-order chi connectivity index (χ0) is 12.9. The minimum atomic E-state index is 1.05. The lowest BCUT2D eigenvalue weighted by Crippen LogP contribution is -1.63. The number of nitrogens with zero attached hydrogens (tertiary/aromatic N) is 1. The highest BCUT2D eigenvalue weighted by Gasteiger charge is 1.95. The first-order chi connectivity index (χ1) is 9.40. The van der Waals surface area contributed by atoms with E-state index in [0.29, 0.717) is 0 Å². The monoisotopic (exact) mass is 301 g/mol. The van der Waals surface area contributed by atoms with Crippen molar-refractivity contribution in [2.45, 2.75) is 0 Å². The van der Waals surface area contributed by atoms with E-state index in [9.17, 15) is 0 Å². The Labute approximate surface area is 124 Å². The van der Waals surface area contributed by atoms with Crippen LogP contribution >= 0.6 is 34.0 Å². The summed E-state index contributed by atoms with van der Waals surface area (Å²) >= 11 is 5.19. The van der Waals surface area contributed by atoms with E-state index >= 15 is 0 Å². The topological polar surface area (TPSA) is 12.9 Å². The Hall–Kier alpha value is -1.49. The van der Waals surface area contributed by atoms with Gasteiger partial charge in [0, 0.05) is 26.2 Å². The molecule has 0 amide bonds. The third kappa shape index (κ3) is 3.50. The Balaban J connectivity index is 1.69. The third-order valence-electron chi connectivity index (χ3n) is 2.44. The van der Waals surface area contributed by atoms with Gasteiger partial charge >= 0.3 is 0 Å². The molecule has 19 heavy (non-hydrogen) atoms. The van der Waals surface area contributed by atoms with E-state index < -0.39 is 0 Å². The smallest absolute Gasteiger partial charge is 0.116 e. The summed E-state index contributed by atoms with van der Waals surface area (Å²) in [5, 5.41) is 5.13. The van der Waals surface area contributed by atoms with Crippen molar-refractivity contribution in [1.82, 2.24) is 4.98 Å². The van der Waals surface area contributed by atoms with Crippen molar-refractivity contribution < 1.29 is 0 Å². The van der Waals surface area contributed by atoms with Crippen molar-refractivity contribution in [2.75, 3.05) is 0 Å². The summed E-state index contributed by atoms with van der Waals surface area (Å²) < 4.78 is 0. The summed E-state index contributed by atoms with van der Waals surface area (Å²) in [7, 11) is 0. The molecule has 3 aromatic heterocycles. The Morgan fingerprint density at radius 1 is 0.789 bits per heavy atom. The van der Waals surface area contributed by atoms with E-state index in [2.05, 4.69) is 58.9 Å². The molecule has 0 aliphatic rings. The fourth-order valence-electron chi connectivity index (χ4n) is 1.57. The maximum atomic E-state index is 4.23. The molecule has 0 aromatic carbocycles. The number of hydrogen-bond acceptors (Lipinski definition) is 4. The molecule has 0 saturated heterocycles. The molecule has 1 nitrogen and oxygen atoms in total. The van der Waals surface area contributed by atoms with Crippen LogP contribution in [0, 0.1) is 0 Å². The SMILES string of the molecule is C(=Cc1ccc(C=Cc2nccs2)s1)c1cccs1. The zero-order valence-electron chi connectivity index (χ0n) is 10.0. The first kappa shape index (κ1) is 12.5. The van der Waals surface area contributed by atoms with Crippen LogP contribution in [0.15, 0.2) is 41.2 Å². The Morgan fingerprint density at radius 3 is 2.26 bits per heavy atom. The predicted molar refractivity (Wildman–Crippen MR) is 88.6 cm³/mol. The molecule has 0 radical (unpaired) electrons. The Kier molecular flexibility index (Phi) is 4.03. The average Bonchev–Trinajstić information content (AvgIpc) is 3.16. The maximum Gasteiger partial charge on any atom is 0.116 e. The Morgan fingerprint density at radius 2 is 1.58 bits per heavy atom. The average molecular weight is 301 g/mol. The highest BCUT2D eigenvalue weighted by Crippen LogP contribution is 2.22. The van der Waals surface area contributed by atoms with E-state index in [1.165, 1.54) is 14.6 Å². The van der Waals surface area contributed by atoms with Crippen LogP contribution in [0.4, 0.5) is 0 Å². The van der Waals surface area contributed by atoms with Gasteiger partial charge in [0.1, 0.15) is 5.01 Å². The first-order valence-corrected chi connectivity index (χ1v) is 8.37. The van der Waals surface area contributed by atoms with Gasteiger partial charge in [-0.05, 0) is 47.9 Å². The van der Waals surface area contributed by atoms with Crippen molar-refractivity contribution in [3.05, 3.63) is 60.9 Å². The second-order valence-electron chi connectivity index (χ2n) is 3.79. The molecule has 0 unspecified atom stereocenters. The van der Waals surface area contributed by atoms with Crippen LogP contribution < -0.4 is 0 Å². The summed E-state index contributed by atoms with van der Waals surface area (Å²) in [5.74, 6) is 0. The number of hydrogen-bond donors (Lipinski definition) is 0. The lowest BCUT2D eigenvalue weighted by molar-refractivity contribution is 1.40. The minimum Gasteiger partial charge on any atom is -0.245 e. The van der Waals surface area contributed by atoms with E-state index in [0.717, 1.165) is 5.01 Å². The molecule has 0 bridgehead atoms. The molecule has 94 valence electrons. The standard InChI is InChI=1S/C15H11NS3/c1-2-12(17-10-1)3-4-13-5-6-14(19-13)7-8-15-16-9-11-18-15/h1-11H. The van der Waals surface area contributed by atoms with E-state index in [1.807, 2.05) is 11.6 Å². The van der Waals surface area contributed by atoms with Gasteiger partial charge in [0.05, 0.1) is 0 Å².